The molecule has 1 aliphatic heterocycles. The Hall–Kier alpha value is -0.460. The van der Waals surface area contributed by atoms with Crippen LogP contribution in [0.15, 0.2) is 22.7 Å². The van der Waals surface area contributed by atoms with Crippen LogP contribution >= 0.6 is 15.9 Å². The number of sulfone groups is 1. The van der Waals surface area contributed by atoms with E-state index in [2.05, 4.69) is 20.8 Å². The molecule has 0 saturated carbocycles. The summed E-state index contributed by atoms with van der Waals surface area (Å²) in [4.78, 5) is 2.07. The minimum atomic E-state index is -2.90. The molecule has 1 fully saturated rings. The SMILES string of the molecule is CC1CS(=O)(=O)CCN1Cc1cc(F)cc(Br)c1. The van der Waals surface area contributed by atoms with Gasteiger partial charge in [0.1, 0.15) is 5.82 Å². The fraction of sp³-hybridized carbons (Fsp3) is 0.500. The standard InChI is InChI=1S/C12H15BrFNO2S/c1-9-8-18(16,17)3-2-15(9)7-10-4-11(13)6-12(14)5-10/h4-6,9H,2-3,7-8H2,1H3. The second-order valence-electron chi connectivity index (χ2n) is 4.71. The molecule has 1 aromatic rings. The predicted octanol–water partition coefficient (Wildman–Crippen LogP) is 2.21. The van der Waals surface area contributed by atoms with Crippen LogP contribution in [-0.4, -0.2) is 37.4 Å². The first-order chi connectivity index (χ1) is 8.35. The number of nitrogens with zero attached hydrogens (tertiary/aromatic N) is 1. The number of hydrogen-bond donors (Lipinski definition) is 0. The van der Waals surface area contributed by atoms with E-state index in [1.807, 2.05) is 13.0 Å². The first-order valence-corrected chi connectivity index (χ1v) is 8.36. The first-order valence-electron chi connectivity index (χ1n) is 5.75. The molecule has 0 radical (unpaired) electrons. The first kappa shape index (κ1) is 14.0. The van der Waals surface area contributed by atoms with Crippen molar-refractivity contribution < 1.29 is 12.8 Å². The summed E-state index contributed by atoms with van der Waals surface area (Å²) in [7, 11) is -2.90. The molecule has 0 aliphatic carbocycles. The van der Waals surface area contributed by atoms with E-state index in [9.17, 15) is 12.8 Å². The van der Waals surface area contributed by atoms with Gasteiger partial charge in [-0.25, -0.2) is 12.8 Å². The number of benzene rings is 1. The van der Waals surface area contributed by atoms with Crippen molar-refractivity contribution >= 4 is 25.8 Å². The topological polar surface area (TPSA) is 37.4 Å². The average Bonchev–Trinajstić information content (AvgIpc) is 2.20. The van der Waals surface area contributed by atoms with Gasteiger partial charge in [-0.1, -0.05) is 15.9 Å². The van der Waals surface area contributed by atoms with Gasteiger partial charge < -0.3 is 0 Å². The molecule has 0 amide bonds. The molecule has 18 heavy (non-hydrogen) atoms. The monoisotopic (exact) mass is 335 g/mol. The lowest BCUT2D eigenvalue weighted by Crippen LogP contribution is -2.46. The molecule has 100 valence electrons. The summed E-state index contributed by atoms with van der Waals surface area (Å²) in [6.45, 7) is 2.98. The molecule has 1 aromatic carbocycles. The van der Waals surface area contributed by atoms with E-state index >= 15 is 0 Å². The molecule has 1 atom stereocenters. The summed E-state index contributed by atoms with van der Waals surface area (Å²) in [6.07, 6.45) is 0. The van der Waals surface area contributed by atoms with Gasteiger partial charge in [-0.3, -0.25) is 4.90 Å². The van der Waals surface area contributed by atoms with Gasteiger partial charge in [0.25, 0.3) is 0 Å². The van der Waals surface area contributed by atoms with E-state index in [1.165, 1.54) is 12.1 Å². The van der Waals surface area contributed by atoms with Crippen LogP contribution < -0.4 is 0 Å². The van der Waals surface area contributed by atoms with Crippen LogP contribution in [-0.2, 0) is 16.4 Å². The molecule has 0 bridgehead atoms. The van der Waals surface area contributed by atoms with Crippen LogP contribution in [0, 0.1) is 5.82 Å². The van der Waals surface area contributed by atoms with Crippen molar-refractivity contribution in [2.24, 2.45) is 0 Å². The zero-order chi connectivity index (χ0) is 13.3. The van der Waals surface area contributed by atoms with E-state index in [-0.39, 0.29) is 23.4 Å². The van der Waals surface area contributed by atoms with Crippen LogP contribution in [0.1, 0.15) is 12.5 Å². The van der Waals surface area contributed by atoms with Crippen molar-refractivity contribution in [2.45, 2.75) is 19.5 Å². The molecular formula is C12H15BrFNO2S. The minimum Gasteiger partial charge on any atom is -0.294 e. The van der Waals surface area contributed by atoms with Crippen molar-refractivity contribution in [3.8, 4) is 0 Å². The van der Waals surface area contributed by atoms with Gasteiger partial charge in [0, 0.05) is 23.6 Å². The molecule has 1 heterocycles. The summed E-state index contributed by atoms with van der Waals surface area (Å²) < 4.78 is 36.9. The van der Waals surface area contributed by atoms with Crippen LogP contribution in [0.25, 0.3) is 0 Å². The van der Waals surface area contributed by atoms with Crippen molar-refractivity contribution in [3.63, 3.8) is 0 Å². The third-order valence-electron chi connectivity index (χ3n) is 3.12. The average molecular weight is 336 g/mol. The fourth-order valence-electron chi connectivity index (χ4n) is 2.20. The second kappa shape index (κ2) is 5.27. The van der Waals surface area contributed by atoms with Gasteiger partial charge in [-0.15, -0.1) is 0 Å². The van der Waals surface area contributed by atoms with Crippen molar-refractivity contribution in [1.29, 1.82) is 0 Å². The Morgan fingerprint density at radius 2 is 2.17 bits per heavy atom. The Morgan fingerprint density at radius 1 is 1.44 bits per heavy atom. The lowest BCUT2D eigenvalue weighted by Gasteiger charge is -2.33. The third kappa shape index (κ3) is 3.52. The van der Waals surface area contributed by atoms with Crippen molar-refractivity contribution in [1.82, 2.24) is 4.90 Å². The summed E-state index contributed by atoms with van der Waals surface area (Å²) in [5.41, 5.74) is 0.855. The van der Waals surface area contributed by atoms with Crippen LogP contribution in [0.3, 0.4) is 0 Å². The van der Waals surface area contributed by atoms with E-state index in [0.717, 1.165) is 5.56 Å². The fourth-order valence-corrected chi connectivity index (χ4v) is 4.34. The lowest BCUT2D eigenvalue weighted by molar-refractivity contribution is 0.218. The number of hydrogen-bond acceptors (Lipinski definition) is 3. The maximum absolute atomic E-state index is 13.3. The predicted molar refractivity (Wildman–Crippen MR) is 72.6 cm³/mol. The maximum atomic E-state index is 13.3. The highest BCUT2D eigenvalue weighted by Crippen LogP contribution is 2.19. The van der Waals surface area contributed by atoms with Gasteiger partial charge in [0.05, 0.1) is 11.5 Å². The van der Waals surface area contributed by atoms with Crippen LogP contribution in [0.4, 0.5) is 4.39 Å². The maximum Gasteiger partial charge on any atom is 0.153 e. The summed E-state index contributed by atoms with van der Waals surface area (Å²) in [6, 6.07) is 4.73. The van der Waals surface area contributed by atoms with E-state index < -0.39 is 9.84 Å². The zero-order valence-electron chi connectivity index (χ0n) is 10.1. The van der Waals surface area contributed by atoms with Crippen molar-refractivity contribution in [2.75, 3.05) is 18.1 Å². The van der Waals surface area contributed by atoms with Gasteiger partial charge >= 0.3 is 0 Å². The zero-order valence-corrected chi connectivity index (χ0v) is 12.5. The van der Waals surface area contributed by atoms with E-state index in [4.69, 9.17) is 0 Å². The van der Waals surface area contributed by atoms with Crippen LogP contribution in [0.2, 0.25) is 0 Å². The van der Waals surface area contributed by atoms with Gasteiger partial charge in [-0.05, 0) is 30.7 Å². The normalized spacial score (nSPS) is 24.1. The Morgan fingerprint density at radius 3 is 2.78 bits per heavy atom. The molecule has 3 nitrogen and oxygen atoms in total. The molecule has 0 spiro atoms. The molecule has 0 N–H and O–H groups in total. The van der Waals surface area contributed by atoms with Crippen LogP contribution in [0.5, 0.6) is 0 Å². The van der Waals surface area contributed by atoms with E-state index in [1.54, 1.807) is 0 Å². The Bertz CT molecular complexity index is 527. The quantitative estimate of drug-likeness (QED) is 0.831. The van der Waals surface area contributed by atoms with Gasteiger partial charge in [-0.2, -0.15) is 0 Å². The smallest absolute Gasteiger partial charge is 0.153 e. The molecular weight excluding hydrogens is 321 g/mol. The van der Waals surface area contributed by atoms with Gasteiger partial charge in [0.2, 0.25) is 0 Å². The summed E-state index contributed by atoms with van der Waals surface area (Å²) in [5, 5.41) is 0. The minimum absolute atomic E-state index is 0.0224. The molecule has 1 saturated heterocycles. The largest absolute Gasteiger partial charge is 0.294 e. The van der Waals surface area contributed by atoms with Gasteiger partial charge in [0.15, 0.2) is 9.84 Å². The summed E-state index contributed by atoms with van der Waals surface area (Å²) in [5.74, 6) is 0.0915. The molecule has 1 unspecified atom stereocenters. The highest BCUT2D eigenvalue weighted by Gasteiger charge is 2.27. The molecule has 6 heteroatoms. The third-order valence-corrected chi connectivity index (χ3v) is 5.37. The Labute approximate surface area is 115 Å². The Balaban J connectivity index is 2.10. The molecule has 1 aliphatic rings. The van der Waals surface area contributed by atoms with E-state index in [0.29, 0.717) is 17.6 Å². The lowest BCUT2D eigenvalue weighted by atomic mass is 10.2. The second-order valence-corrected chi connectivity index (χ2v) is 7.86. The number of rotatable bonds is 2. The highest BCUT2D eigenvalue weighted by atomic mass is 79.9. The Kier molecular flexibility index (Phi) is 4.08. The number of halogens is 2. The highest BCUT2D eigenvalue weighted by molar-refractivity contribution is 9.10. The summed E-state index contributed by atoms with van der Waals surface area (Å²) >= 11 is 3.26. The van der Waals surface area contributed by atoms with Crippen molar-refractivity contribution in [3.05, 3.63) is 34.1 Å². The molecule has 2 rings (SSSR count). The molecule has 0 aromatic heterocycles.